The summed E-state index contributed by atoms with van der Waals surface area (Å²) in [4.78, 5) is 29.6. The number of carbonyl (C=O) groups excluding carboxylic acids is 1. The minimum atomic E-state index is -0.329. The number of aryl methyl sites for hydroxylation is 1. The zero-order chi connectivity index (χ0) is 20.4. The quantitative estimate of drug-likeness (QED) is 0.512. The van der Waals surface area contributed by atoms with E-state index in [1.54, 1.807) is 23.7 Å². The van der Waals surface area contributed by atoms with Crippen LogP contribution in [0.2, 0.25) is 0 Å². The predicted molar refractivity (Wildman–Crippen MR) is 104 cm³/mol. The molecule has 0 atom stereocenters. The first-order valence-corrected chi connectivity index (χ1v) is 9.53. The van der Waals surface area contributed by atoms with E-state index in [9.17, 15) is 14.0 Å². The van der Waals surface area contributed by atoms with Crippen LogP contribution in [0.3, 0.4) is 0 Å². The van der Waals surface area contributed by atoms with Gasteiger partial charge in [-0.25, -0.2) is 14.1 Å². The van der Waals surface area contributed by atoms with E-state index in [-0.39, 0.29) is 23.8 Å². The van der Waals surface area contributed by atoms with Crippen molar-refractivity contribution in [3.8, 4) is 0 Å². The van der Waals surface area contributed by atoms with Gasteiger partial charge >= 0.3 is 0 Å². The average Bonchev–Trinajstić information content (AvgIpc) is 3.32. The van der Waals surface area contributed by atoms with Crippen LogP contribution in [0.4, 0.5) is 4.39 Å². The number of amides is 1. The Morgan fingerprint density at radius 3 is 2.79 bits per heavy atom. The molecule has 1 amide bonds. The zero-order valence-electron chi connectivity index (χ0n) is 15.4. The van der Waals surface area contributed by atoms with Gasteiger partial charge in [-0.2, -0.15) is 5.10 Å². The van der Waals surface area contributed by atoms with Gasteiger partial charge in [0.15, 0.2) is 5.65 Å². The molecule has 148 valence electrons. The van der Waals surface area contributed by atoms with Crippen LogP contribution in [-0.2, 0) is 13.1 Å². The fourth-order valence-corrected chi connectivity index (χ4v) is 3.43. The average molecular weight is 413 g/mol. The number of hydrogen-bond donors (Lipinski definition) is 1. The molecule has 4 aromatic rings. The first-order chi connectivity index (χ1) is 14.0. The molecular formula is C18H16FN7O2S. The molecule has 0 saturated heterocycles. The second-order valence-corrected chi connectivity index (χ2v) is 7.11. The summed E-state index contributed by atoms with van der Waals surface area (Å²) in [5.41, 5.74) is 1.58. The summed E-state index contributed by atoms with van der Waals surface area (Å²) in [6.45, 7) is 2.67. The third-order valence-electron chi connectivity index (χ3n) is 4.36. The van der Waals surface area contributed by atoms with E-state index in [2.05, 4.69) is 25.0 Å². The van der Waals surface area contributed by atoms with Crippen LogP contribution in [0.1, 0.15) is 20.9 Å². The minimum absolute atomic E-state index is 0.235. The first kappa shape index (κ1) is 18.9. The lowest BCUT2D eigenvalue weighted by Gasteiger charge is -2.07. The molecule has 4 rings (SSSR count). The molecule has 0 aliphatic carbocycles. The Morgan fingerprint density at radius 1 is 1.28 bits per heavy atom. The fraction of sp³-hybridized carbons (Fsp3) is 0.222. The lowest BCUT2D eigenvalue weighted by atomic mass is 10.2. The second kappa shape index (κ2) is 7.87. The SMILES string of the molecule is Cc1nnsc1C(=O)NCCn1ncc2c(=O)n(Cc3ccc(F)cc3)cnc21. The zero-order valence-corrected chi connectivity index (χ0v) is 16.2. The molecule has 0 fully saturated rings. The van der Waals surface area contributed by atoms with E-state index >= 15 is 0 Å². The summed E-state index contributed by atoms with van der Waals surface area (Å²) in [6, 6.07) is 5.95. The first-order valence-electron chi connectivity index (χ1n) is 8.75. The van der Waals surface area contributed by atoms with Crippen LogP contribution in [0.25, 0.3) is 11.0 Å². The van der Waals surface area contributed by atoms with Gasteiger partial charge in [-0.05, 0) is 36.2 Å². The minimum Gasteiger partial charge on any atom is -0.349 e. The number of benzene rings is 1. The Balaban J connectivity index is 1.47. The molecule has 0 aliphatic heterocycles. The van der Waals surface area contributed by atoms with Crippen molar-refractivity contribution in [1.29, 1.82) is 0 Å². The molecule has 1 N–H and O–H groups in total. The third kappa shape index (κ3) is 3.90. The van der Waals surface area contributed by atoms with Gasteiger partial charge in [0.25, 0.3) is 11.5 Å². The Labute approximate surface area is 168 Å². The molecule has 9 nitrogen and oxygen atoms in total. The highest BCUT2D eigenvalue weighted by Crippen LogP contribution is 2.09. The van der Waals surface area contributed by atoms with E-state index < -0.39 is 0 Å². The number of hydrogen-bond acceptors (Lipinski definition) is 7. The lowest BCUT2D eigenvalue weighted by Crippen LogP contribution is -2.27. The predicted octanol–water partition coefficient (Wildman–Crippen LogP) is 1.37. The second-order valence-electron chi connectivity index (χ2n) is 6.35. The number of nitrogens with zero attached hydrogens (tertiary/aromatic N) is 6. The van der Waals surface area contributed by atoms with E-state index in [0.29, 0.717) is 34.7 Å². The van der Waals surface area contributed by atoms with Crippen molar-refractivity contribution in [2.45, 2.75) is 20.0 Å². The van der Waals surface area contributed by atoms with Crippen LogP contribution in [0.15, 0.2) is 41.6 Å². The van der Waals surface area contributed by atoms with Crippen molar-refractivity contribution < 1.29 is 9.18 Å². The van der Waals surface area contributed by atoms with Crippen molar-refractivity contribution in [3.63, 3.8) is 0 Å². The van der Waals surface area contributed by atoms with Crippen LogP contribution in [-0.4, -0.2) is 41.4 Å². The number of halogens is 1. The highest BCUT2D eigenvalue weighted by molar-refractivity contribution is 7.07. The molecule has 0 bridgehead atoms. The molecule has 11 heteroatoms. The molecule has 0 aliphatic rings. The normalized spacial score (nSPS) is 11.1. The van der Waals surface area contributed by atoms with E-state index in [0.717, 1.165) is 17.1 Å². The van der Waals surface area contributed by atoms with Crippen molar-refractivity contribution in [1.82, 2.24) is 34.2 Å². The van der Waals surface area contributed by atoms with Crippen molar-refractivity contribution in [2.24, 2.45) is 0 Å². The summed E-state index contributed by atoms with van der Waals surface area (Å²) in [5.74, 6) is -0.576. The number of nitrogens with one attached hydrogen (secondary N) is 1. The topological polar surface area (TPSA) is 108 Å². The van der Waals surface area contributed by atoms with Gasteiger partial charge in [0.05, 0.1) is 25.0 Å². The third-order valence-corrected chi connectivity index (χ3v) is 5.18. The van der Waals surface area contributed by atoms with Crippen LogP contribution < -0.4 is 10.9 Å². The Hall–Kier alpha value is -3.47. The van der Waals surface area contributed by atoms with Crippen molar-refractivity contribution in [3.05, 3.63) is 69.1 Å². The number of carbonyl (C=O) groups is 1. The van der Waals surface area contributed by atoms with Crippen LogP contribution >= 0.6 is 11.5 Å². The summed E-state index contributed by atoms with van der Waals surface area (Å²) in [6.07, 6.45) is 2.90. The monoisotopic (exact) mass is 413 g/mol. The van der Waals surface area contributed by atoms with E-state index in [1.807, 2.05) is 0 Å². The number of fused-ring (bicyclic) bond motifs is 1. The molecule has 0 radical (unpaired) electrons. The maximum absolute atomic E-state index is 13.0. The fourth-order valence-electron chi connectivity index (χ4n) is 2.86. The Bertz CT molecular complexity index is 1230. The number of aromatic nitrogens is 6. The smallest absolute Gasteiger partial charge is 0.265 e. The molecule has 0 saturated carbocycles. The van der Waals surface area contributed by atoms with Crippen molar-refractivity contribution >= 4 is 28.5 Å². The van der Waals surface area contributed by atoms with Gasteiger partial charge in [-0.3, -0.25) is 14.2 Å². The molecule has 0 unspecified atom stereocenters. The van der Waals surface area contributed by atoms with Gasteiger partial charge < -0.3 is 5.32 Å². The summed E-state index contributed by atoms with van der Waals surface area (Å²) in [5, 5.41) is 11.2. The molecule has 1 aromatic carbocycles. The van der Waals surface area contributed by atoms with Gasteiger partial charge in [-0.1, -0.05) is 16.6 Å². The molecular weight excluding hydrogens is 397 g/mol. The number of rotatable bonds is 6. The van der Waals surface area contributed by atoms with Crippen LogP contribution in [0, 0.1) is 12.7 Å². The Morgan fingerprint density at radius 2 is 2.07 bits per heavy atom. The Kier molecular flexibility index (Phi) is 5.12. The molecule has 3 heterocycles. The maximum atomic E-state index is 13.0. The standard InChI is InChI=1S/C18H16FN7O2S/c1-11-15(29-24-23-11)17(27)20-6-7-26-16-14(8-22-26)18(28)25(10-21-16)9-12-2-4-13(19)5-3-12/h2-5,8,10H,6-7,9H2,1H3,(H,20,27). The van der Waals surface area contributed by atoms with Gasteiger partial charge in [0.2, 0.25) is 0 Å². The molecule has 29 heavy (non-hydrogen) atoms. The van der Waals surface area contributed by atoms with Crippen LogP contribution in [0.5, 0.6) is 0 Å². The molecule has 3 aromatic heterocycles. The summed E-state index contributed by atoms with van der Waals surface area (Å²) >= 11 is 1.04. The van der Waals surface area contributed by atoms with E-state index in [4.69, 9.17) is 0 Å². The largest absolute Gasteiger partial charge is 0.349 e. The lowest BCUT2D eigenvalue weighted by molar-refractivity contribution is 0.0955. The summed E-state index contributed by atoms with van der Waals surface area (Å²) < 4.78 is 19.8. The van der Waals surface area contributed by atoms with Gasteiger partial charge in [0, 0.05) is 6.54 Å². The summed E-state index contributed by atoms with van der Waals surface area (Å²) in [7, 11) is 0. The van der Waals surface area contributed by atoms with Gasteiger partial charge in [0.1, 0.15) is 22.4 Å². The van der Waals surface area contributed by atoms with Crippen molar-refractivity contribution in [2.75, 3.05) is 6.54 Å². The maximum Gasteiger partial charge on any atom is 0.265 e. The highest BCUT2D eigenvalue weighted by atomic mass is 32.1. The highest BCUT2D eigenvalue weighted by Gasteiger charge is 2.14. The van der Waals surface area contributed by atoms with E-state index in [1.165, 1.54) is 29.2 Å². The van der Waals surface area contributed by atoms with Gasteiger partial charge in [-0.15, -0.1) is 5.10 Å². The molecule has 0 spiro atoms.